The summed E-state index contributed by atoms with van der Waals surface area (Å²) in [5.41, 5.74) is 0. The van der Waals surface area contributed by atoms with Crippen molar-refractivity contribution >= 4 is 17.9 Å². The fourth-order valence-electron chi connectivity index (χ4n) is 7.49. The molecule has 1 atom stereocenters. The molecule has 66 heavy (non-hydrogen) atoms. The molecule has 0 spiro atoms. The van der Waals surface area contributed by atoms with Crippen LogP contribution in [0, 0.1) is 0 Å². The van der Waals surface area contributed by atoms with Gasteiger partial charge in [0.25, 0.3) is 0 Å². The van der Waals surface area contributed by atoms with Crippen LogP contribution in [-0.4, -0.2) is 37.2 Å². The third-order valence-electron chi connectivity index (χ3n) is 11.6. The van der Waals surface area contributed by atoms with E-state index >= 15 is 0 Å². The molecule has 0 fully saturated rings. The molecular formula is C60H102O6. The Labute approximate surface area is 407 Å². The van der Waals surface area contributed by atoms with Gasteiger partial charge in [-0.05, 0) is 89.9 Å². The van der Waals surface area contributed by atoms with Gasteiger partial charge in [-0.25, -0.2) is 0 Å². The number of esters is 3. The first-order chi connectivity index (χ1) is 32.5. The van der Waals surface area contributed by atoms with E-state index in [1.54, 1.807) is 0 Å². The van der Waals surface area contributed by atoms with Crippen molar-refractivity contribution in [2.75, 3.05) is 13.2 Å². The third-order valence-corrected chi connectivity index (χ3v) is 11.6. The molecule has 0 bridgehead atoms. The van der Waals surface area contributed by atoms with Crippen LogP contribution in [0.25, 0.3) is 0 Å². The fourth-order valence-corrected chi connectivity index (χ4v) is 7.49. The Hall–Kier alpha value is -3.41. The van der Waals surface area contributed by atoms with E-state index in [0.29, 0.717) is 19.3 Å². The van der Waals surface area contributed by atoms with Crippen molar-refractivity contribution < 1.29 is 28.6 Å². The first-order valence-electron chi connectivity index (χ1n) is 27.6. The summed E-state index contributed by atoms with van der Waals surface area (Å²) in [6, 6.07) is 0. The summed E-state index contributed by atoms with van der Waals surface area (Å²) in [6.45, 7) is 6.41. The maximum absolute atomic E-state index is 12.7. The highest BCUT2D eigenvalue weighted by atomic mass is 16.6. The van der Waals surface area contributed by atoms with Crippen molar-refractivity contribution in [1.29, 1.82) is 0 Å². The van der Waals surface area contributed by atoms with Crippen LogP contribution >= 0.6 is 0 Å². The minimum atomic E-state index is -0.775. The highest BCUT2D eigenvalue weighted by Crippen LogP contribution is 2.15. The Morgan fingerprint density at radius 3 is 0.985 bits per heavy atom. The second-order valence-corrected chi connectivity index (χ2v) is 18.1. The average Bonchev–Trinajstić information content (AvgIpc) is 3.31. The van der Waals surface area contributed by atoms with E-state index < -0.39 is 6.10 Å². The predicted molar refractivity (Wildman–Crippen MR) is 284 cm³/mol. The lowest BCUT2D eigenvalue weighted by molar-refractivity contribution is -0.167. The second-order valence-electron chi connectivity index (χ2n) is 18.1. The molecule has 6 heteroatoms. The van der Waals surface area contributed by atoms with Gasteiger partial charge in [-0.2, -0.15) is 0 Å². The Bertz CT molecular complexity index is 1290. The summed E-state index contributed by atoms with van der Waals surface area (Å²) < 4.78 is 16.7. The number of rotatable bonds is 49. The van der Waals surface area contributed by atoms with E-state index in [2.05, 4.69) is 106 Å². The molecule has 0 aromatic heterocycles. The van der Waals surface area contributed by atoms with Crippen LogP contribution in [-0.2, 0) is 28.6 Å². The zero-order valence-electron chi connectivity index (χ0n) is 43.2. The van der Waals surface area contributed by atoms with Crippen LogP contribution in [0.3, 0.4) is 0 Å². The smallest absolute Gasteiger partial charge is 0.306 e. The van der Waals surface area contributed by atoms with Gasteiger partial charge >= 0.3 is 17.9 Å². The highest BCUT2D eigenvalue weighted by Gasteiger charge is 2.19. The summed E-state index contributed by atoms with van der Waals surface area (Å²) in [5, 5.41) is 0. The summed E-state index contributed by atoms with van der Waals surface area (Å²) in [7, 11) is 0. The molecule has 0 radical (unpaired) electrons. The van der Waals surface area contributed by atoms with E-state index in [1.165, 1.54) is 109 Å². The molecule has 0 aliphatic carbocycles. The van der Waals surface area contributed by atoms with Crippen molar-refractivity contribution in [3.05, 3.63) is 85.1 Å². The zero-order valence-corrected chi connectivity index (χ0v) is 43.2. The van der Waals surface area contributed by atoms with Gasteiger partial charge in [-0.1, -0.05) is 234 Å². The van der Waals surface area contributed by atoms with Gasteiger partial charge in [-0.3, -0.25) is 14.4 Å². The van der Waals surface area contributed by atoms with Gasteiger partial charge in [0.2, 0.25) is 0 Å². The van der Waals surface area contributed by atoms with Crippen LogP contribution in [0.1, 0.15) is 258 Å². The molecule has 0 aliphatic rings. The maximum Gasteiger partial charge on any atom is 0.306 e. The molecule has 0 saturated heterocycles. The maximum atomic E-state index is 12.7. The Balaban J connectivity index is 4.02. The summed E-state index contributed by atoms with van der Waals surface area (Å²) in [6.07, 6.45) is 70.4. The molecule has 0 aromatic carbocycles. The fraction of sp³-hybridized carbons (Fsp3) is 0.717. The molecule has 0 aromatic rings. The number of carbonyl (C=O) groups is 3. The lowest BCUT2D eigenvalue weighted by atomic mass is 10.0. The highest BCUT2D eigenvalue weighted by molar-refractivity contribution is 5.71. The van der Waals surface area contributed by atoms with Crippen molar-refractivity contribution in [3.63, 3.8) is 0 Å². The molecule has 1 unspecified atom stereocenters. The van der Waals surface area contributed by atoms with Crippen molar-refractivity contribution in [3.8, 4) is 0 Å². The number of allylic oxidation sites excluding steroid dienone is 14. The Morgan fingerprint density at radius 2 is 0.606 bits per heavy atom. The average molecular weight is 919 g/mol. The van der Waals surface area contributed by atoms with E-state index in [0.717, 1.165) is 109 Å². The second kappa shape index (κ2) is 54.2. The normalized spacial score (nSPS) is 12.7. The molecule has 0 aliphatic heterocycles. The molecule has 0 heterocycles. The van der Waals surface area contributed by atoms with Crippen LogP contribution < -0.4 is 0 Å². The molecule has 378 valence electrons. The monoisotopic (exact) mass is 919 g/mol. The molecule has 0 amide bonds. The van der Waals surface area contributed by atoms with Gasteiger partial charge < -0.3 is 14.2 Å². The summed E-state index contributed by atoms with van der Waals surface area (Å²) in [5.74, 6) is -0.900. The molecule has 6 nitrogen and oxygen atoms in total. The topological polar surface area (TPSA) is 78.9 Å². The Kier molecular flexibility index (Phi) is 51.4. The largest absolute Gasteiger partial charge is 0.462 e. The minimum absolute atomic E-state index is 0.0788. The van der Waals surface area contributed by atoms with Crippen molar-refractivity contribution in [1.82, 2.24) is 0 Å². The number of hydrogen-bond donors (Lipinski definition) is 0. The molecule has 0 rings (SSSR count). The van der Waals surface area contributed by atoms with E-state index in [1.807, 2.05) is 0 Å². The third kappa shape index (κ3) is 51.6. The van der Waals surface area contributed by atoms with Crippen LogP contribution in [0.5, 0.6) is 0 Å². The summed E-state index contributed by atoms with van der Waals surface area (Å²) >= 11 is 0. The standard InChI is InChI=1S/C60H102O6/c1-4-7-10-13-16-18-20-21-22-23-24-25-26-27-28-29-30-31-32-33-34-35-36-37-38-39-41-42-44-47-50-53-59(62)65-56-57(55-64-58(61)52-49-46-15-12-9-6-3)66-60(63)54-51-48-45-43-40-19-17-14-11-8-5-2/h7,10,14,16-18,21-22,24-25,27-28,30-31,57H,4-6,8-9,11-13,15,19-20,23,26,29,32-56H2,1-3H3/b10-7-,17-14-,18-16-,22-21-,25-24-,28-27-,31-30-. The van der Waals surface area contributed by atoms with E-state index in [4.69, 9.17) is 14.2 Å². The van der Waals surface area contributed by atoms with Crippen molar-refractivity contribution in [2.45, 2.75) is 264 Å². The predicted octanol–water partition coefficient (Wildman–Crippen LogP) is 18.4. The number of unbranched alkanes of at least 4 members (excludes halogenated alkanes) is 24. The van der Waals surface area contributed by atoms with Gasteiger partial charge in [0, 0.05) is 19.3 Å². The lowest BCUT2D eigenvalue weighted by Gasteiger charge is -2.18. The van der Waals surface area contributed by atoms with E-state index in [-0.39, 0.29) is 31.1 Å². The van der Waals surface area contributed by atoms with Crippen LogP contribution in [0.2, 0.25) is 0 Å². The molecule has 0 N–H and O–H groups in total. The van der Waals surface area contributed by atoms with Gasteiger partial charge in [0.1, 0.15) is 13.2 Å². The van der Waals surface area contributed by atoms with Gasteiger partial charge in [0.15, 0.2) is 6.10 Å². The molecular weight excluding hydrogens is 817 g/mol. The first-order valence-corrected chi connectivity index (χ1v) is 27.6. The van der Waals surface area contributed by atoms with E-state index in [9.17, 15) is 14.4 Å². The number of carbonyl (C=O) groups excluding carboxylic acids is 3. The zero-order chi connectivity index (χ0) is 47.9. The lowest BCUT2D eigenvalue weighted by Crippen LogP contribution is -2.30. The first kappa shape index (κ1) is 62.6. The van der Waals surface area contributed by atoms with Crippen LogP contribution in [0.15, 0.2) is 85.1 Å². The van der Waals surface area contributed by atoms with Gasteiger partial charge in [0.05, 0.1) is 0 Å². The quantitative estimate of drug-likeness (QED) is 0.0262. The van der Waals surface area contributed by atoms with Crippen molar-refractivity contribution in [2.24, 2.45) is 0 Å². The summed E-state index contributed by atoms with van der Waals surface area (Å²) in [4.78, 5) is 37.7. The SMILES string of the molecule is CC/C=C\C/C=C\C/C=C\C/C=C\C/C=C\C/C=C\CCCCCCCCCCCCCCC(=O)OCC(COC(=O)CCCCCCCC)OC(=O)CCCCCCC/C=C\CCCC. The van der Waals surface area contributed by atoms with Crippen LogP contribution in [0.4, 0.5) is 0 Å². The molecule has 0 saturated carbocycles. The number of hydrogen-bond acceptors (Lipinski definition) is 6. The van der Waals surface area contributed by atoms with Gasteiger partial charge in [-0.15, -0.1) is 0 Å². The number of ether oxygens (including phenoxy) is 3. The Morgan fingerprint density at radius 1 is 0.318 bits per heavy atom. The minimum Gasteiger partial charge on any atom is -0.462 e.